The number of likely N-dealkylation sites (N-methyl/N-ethyl adjacent to an activating group) is 1. The number of hydrogen-bond acceptors (Lipinski definition) is 4. The SMILES string of the molecule is CN(Cc1ccc(OCc2ccccn2)cc1)CC(O)c1ccccc1. The molecular formula is C22H24N2O2. The Balaban J connectivity index is 1.49. The van der Waals surface area contributed by atoms with E-state index in [0.717, 1.165) is 23.6 Å². The normalized spacial score (nSPS) is 12.1. The molecule has 1 aromatic heterocycles. The third-order valence-electron chi connectivity index (χ3n) is 4.16. The average molecular weight is 348 g/mol. The summed E-state index contributed by atoms with van der Waals surface area (Å²) in [4.78, 5) is 6.36. The molecule has 0 fully saturated rings. The molecule has 0 amide bonds. The highest BCUT2D eigenvalue weighted by molar-refractivity contribution is 5.27. The van der Waals surface area contributed by atoms with Gasteiger partial charge in [0.15, 0.2) is 0 Å². The fourth-order valence-electron chi connectivity index (χ4n) is 2.78. The number of pyridine rings is 1. The molecule has 0 bridgehead atoms. The van der Waals surface area contributed by atoms with Crippen LogP contribution < -0.4 is 4.74 Å². The number of aliphatic hydroxyl groups is 1. The van der Waals surface area contributed by atoms with E-state index in [2.05, 4.69) is 22.0 Å². The van der Waals surface area contributed by atoms with E-state index >= 15 is 0 Å². The molecule has 0 aliphatic rings. The summed E-state index contributed by atoms with van der Waals surface area (Å²) in [7, 11) is 2.01. The summed E-state index contributed by atoms with van der Waals surface area (Å²) in [6.45, 7) is 1.82. The average Bonchev–Trinajstić information content (AvgIpc) is 2.69. The number of nitrogens with zero attached hydrogens (tertiary/aromatic N) is 2. The van der Waals surface area contributed by atoms with Gasteiger partial charge in [-0.1, -0.05) is 48.5 Å². The number of benzene rings is 2. The lowest BCUT2D eigenvalue weighted by atomic mass is 10.1. The largest absolute Gasteiger partial charge is 0.487 e. The molecule has 0 radical (unpaired) electrons. The highest BCUT2D eigenvalue weighted by Gasteiger charge is 2.10. The highest BCUT2D eigenvalue weighted by atomic mass is 16.5. The van der Waals surface area contributed by atoms with E-state index in [1.54, 1.807) is 6.20 Å². The highest BCUT2D eigenvalue weighted by Crippen LogP contribution is 2.17. The quantitative estimate of drug-likeness (QED) is 0.672. The molecule has 1 N–H and O–H groups in total. The summed E-state index contributed by atoms with van der Waals surface area (Å²) < 4.78 is 5.76. The standard InChI is InChI=1S/C22H24N2O2/c1-24(16-22(25)19-7-3-2-4-8-19)15-18-10-12-21(13-11-18)26-17-20-9-5-6-14-23-20/h2-14,22,25H,15-17H2,1H3. The molecule has 4 nitrogen and oxygen atoms in total. The van der Waals surface area contributed by atoms with Crippen molar-refractivity contribution in [1.29, 1.82) is 0 Å². The molecule has 0 saturated carbocycles. The van der Waals surface area contributed by atoms with E-state index in [4.69, 9.17) is 4.74 Å². The monoisotopic (exact) mass is 348 g/mol. The lowest BCUT2D eigenvalue weighted by Gasteiger charge is -2.21. The smallest absolute Gasteiger partial charge is 0.130 e. The van der Waals surface area contributed by atoms with Gasteiger partial charge in [-0.25, -0.2) is 0 Å². The number of ether oxygens (including phenoxy) is 1. The van der Waals surface area contributed by atoms with E-state index in [1.165, 1.54) is 5.56 Å². The van der Waals surface area contributed by atoms with Crippen molar-refractivity contribution in [2.45, 2.75) is 19.3 Å². The van der Waals surface area contributed by atoms with Gasteiger partial charge >= 0.3 is 0 Å². The van der Waals surface area contributed by atoms with Crippen molar-refractivity contribution >= 4 is 0 Å². The first-order valence-electron chi connectivity index (χ1n) is 8.74. The first-order chi connectivity index (χ1) is 12.7. The lowest BCUT2D eigenvalue weighted by Crippen LogP contribution is -2.24. The van der Waals surface area contributed by atoms with E-state index in [1.807, 2.05) is 67.7 Å². The van der Waals surface area contributed by atoms with Gasteiger partial charge in [-0.15, -0.1) is 0 Å². The molecule has 4 heteroatoms. The minimum atomic E-state index is -0.484. The predicted octanol–water partition coefficient (Wildman–Crippen LogP) is 3.83. The van der Waals surface area contributed by atoms with Crippen molar-refractivity contribution in [3.05, 3.63) is 95.8 Å². The summed E-state index contributed by atoms with van der Waals surface area (Å²) in [6, 6.07) is 23.6. The molecule has 1 unspecified atom stereocenters. The van der Waals surface area contributed by atoms with E-state index in [0.29, 0.717) is 13.2 Å². The van der Waals surface area contributed by atoms with Gasteiger partial charge in [0.1, 0.15) is 12.4 Å². The Labute approximate surface area is 154 Å². The van der Waals surface area contributed by atoms with Gasteiger partial charge in [0.2, 0.25) is 0 Å². The Morgan fingerprint density at radius 1 is 0.962 bits per heavy atom. The summed E-state index contributed by atoms with van der Waals surface area (Å²) in [5, 5.41) is 10.3. The van der Waals surface area contributed by atoms with Crippen LogP contribution in [0, 0.1) is 0 Å². The summed E-state index contributed by atoms with van der Waals surface area (Å²) >= 11 is 0. The summed E-state index contributed by atoms with van der Waals surface area (Å²) in [5.41, 5.74) is 3.03. The second-order valence-electron chi connectivity index (χ2n) is 6.38. The zero-order valence-electron chi connectivity index (χ0n) is 15.0. The molecule has 1 atom stereocenters. The molecule has 3 rings (SSSR count). The van der Waals surface area contributed by atoms with Gasteiger partial charge < -0.3 is 9.84 Å². The van der Waals surface area contributed by atoms with Gasteiger partial charge in [-0.05, 0) is 42.4 Å². The van der Waals surface area contributed by atoms with E-state index < -0.39 is 6.10 Å². The fraction of sp³-hybridized carbons (Fsp3) is 0.227. The van der Waals surface area contributed by atoms with Crippen molar-refractivity contribution in [2.75, 3.05) is 13.6 Å². The zero-order chi connectivity index (χ0) is 18.2. The van der Waals surface area contributed by atoms with Crippen molar-refractivity contribution in [3.8, 4) is 5.75 Å². The Kier molecular flexibility index (Phi) is 6.36. The number of rotatable bonds is 8. The van der Waals surface area contributed by atoms with Crippen molar-refractivity contribution in [1.82, 2.24) is 9.88 Å². The third kappa shape index (κ3) is 5.41. The summed E-state index contributed by atoms with van der Waals surface area (Å²) in [5.74, 6) is 0.825. The van der Waals surface area contributed by atoms with E-state index in [9.17, 15) is 5.11 Å². The first-order valence-corrected chi connectivity index (χ1v) is 8.74. The molecule has 0 aliphatic carbocycles. The zero-order valence-corrected chi connectivity index (χ0v) is 15.0. The molecule has 0 aliphatic heterocycles. The second kappa shape index (κ2) is 9.13. The molecule has 0 spiro atoms. The van der Waals surface area contributed by atoms with Crippen molar-refractivity contribution < 1.29 is 9.84 Å². The Morgan fingerprint density at radius 2 is 1.69 bits per heavy atom. The van der Waals surface area contributed by atoms with Crippen LogP contribution in [0.1, 0.15) is 22.9 Å². The van der Waals surface area contributed by atoms with Gasteiger partial charge in [0.05, 0.1) is 11.8 Å². The van der Waals surface area contributed by atoms with Crippen molar-refractivity contribution in [2.24, 2.45) is 0 Å². The molecule has 3 aromatic rings. The Bertz CT molecular complexity index is 776. The first kappa shape index (κ1) is 18.1. The van der Waals surface area contributed by atoms with Crippen LogP contribution in [0.15, 0.2) is 79.0 Å². The molecule has 2 aromatic carbocycles. The maximum atomic E-state index is 10.3. The maximum Gasteiger partial charge on any atom is 0.130 e. The lowest BCUT2D eigenvalue weighted by molar-refractivity contribution is 0.124. The van der Waals surface area contributed by atoms with Crippen LogP contribution in [0.25, 0.3) is 0 Å². The number of aromatic nitrogens is 1. The topological polar surface area (TPSA) is 45.6 Å². The van der Waals surface area contributed by atoms with Crippen LogP contribution >= 0.6 is 0 Å². The van der Waals surface area contributed by atoms with Crippen LogP contribution in [0.4, 0.5) is 0 Å². The maximum absolute atomic E-state index is 10.3. The molecule has 1 heterocycles. The van der Waals surface area contributed by atoms with Crippen molar-refractivity contribution in [3.63, 3.8) is 0 Å². The number of aliphatic hydroxyl groups excluding tert-OH is 1. The van der Waals surface area contributed by atoms with Gasteiger partial charge in [-0.3, -0.25) is 9.88 Å². The predicted molar refractivity (Wildman–Crippen MR) is 103 cm³/mol. The molecule has 0 saturated heterocycles. The van der Waals surface area contributed by atoms with Crippen LogP contribution in [-0.4, -0.2) is 28.6 Å². The van der Waals surface area contributed by atoms with Crippen LogP contribution in [0.5, 0.6) is 5.75 Å². The summed E-state index contributed by atoms with van der Waals surface area (Å²) in [6.07, 6.45) is 1.28. The van der Waals surface area contributed by atoms with Gasteiger partial charge in [0.25, 0.3) is 0 Å². The van der Waals surface area contributed by atoms with Gasteiger partial charge in [-0.2, -0.15) is 0 Å². The van der Waals surface area contributed by atoms with Gasteiger partial charge in [0, 0.05) is 19.3 Å². The number of hydrogen-bond donors (Lipinski definition) is 1. The van der Waals surface area contributed by atoms with E-state index in [-0.39, 0.29) is 0 Å². The minimum Gasteiger partial charge on any atom is -0.487 e. The molecule has 134 valence electrons. The Hall–Kier alpha value is -2.69. The second-order valence-corrected chi connectivity index (χ2v) is 6.38. The fourth-order valence-corrected chi connectivity index (χ4v) is 2.78. The molecule has 26 heavy (non-hydrogen) atoms. The van der Waals surface area contributed by atoms with Crippen LogP contribution in [-0.2, 0) is 13.2 Å². The minimum absolute atomic E-state index is 0.462. The molecular weight excluding hydrogens is 324 g/mol. The van der Waals surface area contributed by atoms with Crippen LogP contribution in [0.2, 0.25) is 0 Å². The van der Waals surface area contributed by atoms with Crippen LogP contribution in [0.3, 0.4) is 0 Å². The third-order valence-corrected chi connectivity index (χ3v) is 4.16. The Morgan fingerprint density at radius 3 is 2.38 bits per heavy atom.